The van der Waals surface area contributed by atoms with Gasteiger partial charge in [-0.25, -0.2) is 9.97 Å². The van der Waals surface area contributed by atoms with Gasteiger partial charge in [0, 0.05) is 33.0 Å². The maximum atomic E-state index is 5.20. The highest BCUT2D eigenvalue weighted by Crippen LogP contribution is 2.38. The fraction of sp³-hybridized carbons (Fsp3) is 0. The molecule has 2 aromatic heterocycles. The van der Waals surface area contributed by atoms with E-state index >= 15 is 0 Å². The predicted molar refractivity (Wildman–Crippen MR) is 205 cm³/mol. The van der Waals surface area contributed by atoms with E-state index < -0.39 is 0 Å². The molecular formula is C46H29N3. The Morgan fingerprint density at radius 1 is 0.367 bits per heavy atom. The molecule has 0 spiro atoms. The van der Waals surface area contributed by atoms with Gasteiger partial charge in [0.15, 0.2) is 5.82 Å². The molecule has 0 atom stereocenters. The lowest BCUT2D eigenvalue weighted by Gasteiger charge is -2.12. The maximum absolute atomic E-state index is 5.20. The molecule has 0 aliphatic heterocycles. The summed E-state index contributed by atoms with van der Waals surface area (Å²) >= 11 is 0. The van der Waals surface area contributed by atoms with Crippen LogP contribution in [-0.2, 0) is 0 Å². The Labute approximate surface area is 283 Å². The van der Waals surface area contributed by atoms with E-state index in [2.05, 4.69) is 174 Å². The van der Waals surface area contributed by atoms with E-state index in [-0.39, 0.29) is 0 Å². The van der Waals surface area contributed by atoms with Crippen LogP contribution in [0, 0.1) is 0 Å². The van der Waals surface area contributed by atoms with Crippen LogP contribution in [0.2, 0.25) is 0 Å². The summed E-state index contributed by atoms with van der Waals surface area (Å²) in [6.45, 7) is 0. The van der Waals surface area contributed by atoms with E-state index in [1.54, 1.807) is 0 Å². The molecule has 0 N–H and O–H groups in total. The van der Waals surface area contributed by atoms with Gasteiger partial charge in [-0.1, -0.05) is 133 Å². The number of nitrogens with zero attached hydrogens (tertiary/aromatic N) is 3. The summed E-state index contributed by atoms with van der Waals surface area (Å²) in [5.41, 5.74) is 9.83. The van der Waals surface area contributed by atoms with Crippen LogP contribution < -0.4 is 0 Å². The lowest BCUT2D eigenvalue weighted by atomic mass is 9.96. The average molecular weight is 624 g/mol. The van der Waals surface area contributed by atoms with Crippen LogP contribution in [0.15, 0.2) is 176 Å². The van der Waals surface area contributed by atoms with Crippen molar-refractivity contribution in [3.8, 4) is 39.5 Å². The molecule has 228 valence electrons. The topological polar surface area (TPSA) is 30.7 Å². The molecule has 10 rings (SSSR count). The lowest BCUT2D eigenvalue weighted by Crippen LogP contribution is -1.97. The molecule has 10 aromatic rings. The third kappa shape index (κ3) is 4.44. The van der Waals surface area contributed by atoms with Crippen LogP contribution in [0.25, 0.3) is 93.7 Å². The quantitative estimate of drug-likeness (QED) is 0.195. The number of para-hydroxylation sites is 2. The Balaban J connectivity index is 1.07. The molecule has 0 saturated heterocycles. The van der Waals surface area contributed by atoms with Crippen LogP contribution in [0.3, 0.4) is 0 Å². The Hall–Kier alpha value is -6.58. The van der Waals surface area contributed by atoms with E-state index in [9.17, 15) is 0 Å². The van der Waals surface area contributed by atoms with Crippen molar-refractivity contribution in [3.05, 3.63) is 176 Å². The first-order chi connectivity index (χ1) is 24.3. The highest BCUT2D eigenvalue weighted by Gasteiger charge is 2.16. The minimum atomic E-state index is 0.714. The van der Waals surface area contributed by atoms with Crippen LogP contribution in [-0.4, -0.2) is 14.5 Å². The summed E-state index contributed by atoms with van der Waals surface area (Å²) in [7, 11) is 0. The molecule has 0 fully saturated rings. The zero-order valence-electron chi connectivity index (χ0n) is 26.6. The summed E-state index contributed by atoms with van der Waals surface area (Å²) < 4.78 is 2.37. The Bertz CT molecular complexity index is 2860. The van der Waals surface area contributed by atoms with Crippen LogP contribution in [0.5, 0.6) is 0 Å². The third-order valence-electron chi connectivity index (χ3n) is 9.81. The molecule has 0 amide bonds. The summed E-state index contributed by atoms with van der Waals surface area (Å²) in [6, 6.07) is 62.6. The van der Waals surface area contributed by atoms with Crippen LogP contribution in [0.1, 0.15) is 0 Å². The third-order valence-corrected chi connectivity index (χ3v) is 9.81. The second-order valence-corrected chi connectivity index (χ2v) is 12.6. The first-order valence-electron chi connectivity index (χ1n) is 16.7. The molecule has 0 aliphatic rings. The van der Waals surface area contributed by atoms with Crippen molar-refractivity contribution >= 4 is 54.3 Å². The van der Waals surface area contributed by atoms with Crippen molar-refractivity contribution in [1.29, 1.82) is 0 Å². The molecule has 0 aliphatic carbocycles. The molecule has 49 heavy (non-hydrogen) atoms. The molecule has 3 heteroatoms. The Morgan fingerprint density at radius 3 is 1.80 bits per heavy atom. The van der Waals surface area contributed by atoms with Crippen molar-refractivity contribution in [3.63, 3.8) is 0 Å². The van der Waals surface area contributed by atoms with Gasteiger partial charge >= 0.3 is 0 Å². The highest BCUT2D eigenvalue weighted by atomic mass is 15.0. The highest BCUT2D eigenvalue weighted by molar-refractivity contribution is 6.21. The minimum Gasteiger partial charge on any atom is -0.309 e. The van der Waals surface area contributed by atoms with E-state index in [1.165, 1.54) is 54.5 Å². The largest absolute Gasteiger partial charge is 0.309 e. The van der Waals surface area contributed by atoms with E-state index in [1.807, 2.05) is 6.07 Å². The summed E-state index contributed by atoms with van der Waals surface area (Å²) in [4.78, 5) is 10.2. The van der Waals surface area contributed by atoms with Crippen molar-refractivity contribution < 1.29 is 0 Å². The number of rotatable bonds is 4. The minimum absolute atomic E-state index is 0.714. The molecule has 8 aromatic carbocycles. The van der Waals surface area contributed by atoms with Gasteiger partial charge in [0.2, 0.25) is 0 Å². The second-order valence-electron chi connectivity index (χ2n) is 12.6. The van der Waals surface area contributed by atoms with E-state index in [0.717, 1.165) is 33.4 Å². The smallest absolute Gasteiger partial charge is 0.160 e. The Morgan fingerprint density at radius 2 is 0.980 bits per heavy atom. The zero-order chi connectivity index (χ0) is 32.3. The van der Waals surface area contributed by atoms with E-state index in [4.69, 9.17) is 9.97 Å². The summed E-state index contributed by atoms with van der Waals surface area (Å²) in [5.74, 6) is 0.714. The monoisotopic (exact) mass is 623 g/mol. The van der Waals surface area contributed by atoms with Crippen molar-refractivity contribution in [2.75, 3.05) is 0 Å². The molecule has 3 nitrogen and oxygen atoms in total. The number of benzene rings is 8. The van der Waals surface area contributed by atoms with Gasteiger partial charge in [0.1, 0.15) is 0 Å². The molecule has 2 heterocycles. The lowest BCUT2D eigenvalue weighted by molar-refractivity contribution is 1.17. The standard InChI is InChI=1S/C46H29N3/c1-3-13-36-30(10-1)12-9-17-37(36)32-20-22-33(23-21-32)45-39-15-5-7-18-41(39)47-46(48-45)34-24-27-35(28-25-34)49-42-19-8-6-16-40(42)44-38-14-4-2-11-31(38)26-29-43(44)49/h1-29H. The van der Waals surface area contributed by atoms with Gasteiger partial charge in [-0.05, 0) is 75.1 Å². The molecular weight excluding hydrogens is 595 g/mol. The number of aromatic nitrogens is 3. The predicted octanol–water partition coefficient (Wildman–Crippen LogP) is 12.0. The van der Waals surface area contributed by atoms with Gasteiger partial charge in [0.25, 0.3) is 0 Å². The van der Waals surface area contributed by atoms with Crippen LogP contribution >= 0.6 is 0 Å². The fourth-order valence-electron chi connectivity index (χ4n) is 7.49. The molecule has 0 saturated carbocycles. The van der Waals surface area contributed by atoms with Crippen molar-refractivity contribution in [2.45, 2.75) is 0 Å². The maximum Gasteiger partial charge on any atom is 0.160 e. The van der Waals surface area contributed by atoms with Crippen molar-refractivity contribution in [2.24, 2.45) is 0 Å². The van der Waals surface area contributed by atoms with Gasteiger partial charge in [-0.2, -0.15) is 0 Å². The van der Waals surface area contributed by atoms with Gasteiger partial charge in [-0.3, -0.25) is 0 Å². The van der Waals surface area contributed by atoms with Gasteiger partial charge in [0.05, 0.1) is 22.2 Å². The first-order valence-corrected chi connectivity index (χ1v) is 16.7. The average Bonchev–Trinajstić information content (AvgIpc) is 3.52. The fourth-order valence-corrected chi connectivity index (χ4v) is 7.49. The second kappa shape index (κ2) is 11.0. The van der Waals surface area contributed by atoms with Gasteiger partial charge in [-0.15, -0.1) is 0 Å². The summed E-state index contributed by atoms with van der Waals surface area (Å²) in [5, 5.41) is 8.60. The first kappa shape index (κ1) is 27.5. The Kier molecular flexibility index (Phi) is 6.18. The normalized spacial score (nSPS) is 11.7. The molecule has 0 unspecified atom stereocenters. The number of hydrogen-bond acceptors (Lipinski definition) is 2. The van der Waals surface area contributed by atoms with E-state index in [0.29, 0.717) is 5.82 Å². The van der Waals surface area contributed by atoms with Gasteiger partial charge < -0.3 is 4.57 Å². The zero-order valence-corrected chi connectivity index (χ0v) is 26.6. The number of hydrogen-bond donors (Lipinski definition) is 0. The van der Waals surface area contributed by atoms with Crippen LogP contribution in [0.4, 0.5) is 0 Å². The summed E-state index contributed by atoms with van der Waals surface area (Å²) in [6.07, 6.45) is 0. The number of fused-ring (bicyclic) bond motifs is 7. The van der Waals surface area contributed by atoms with Crippen molar-refractivity contribution in [1.82, 2.24) is 14.5 Å². The molecule has 0 radical (unpaired) electrons. The molecule has 0 bridgehead atoms. The SMILES string of the molecule is c1ccc2c(-c3ccc(-c4nc(-c5ccc(-n6c7ccccc7c7c8ccccc8ccc76)cc5)nc5ccccc45)cc3)cccc2c1.